The van der Waals surface area contributed by atoms with Crippen LogP contribution in [-0.4, -0.2) is 36.9 Å². The first kappa shape index (κ1) is 15.3. The van der Waals surface area contributed by atoms with Crippen molar-refractivity contribution >= 4 is 11.7 Å². The summed E-state index contributed by atoms with van der Waals surface area (Å²) in [6.45, 7) is 3.71. The van der Waals surface area contributed by atoms with Gasteiger partial charge < -0.3 is 19.9 Å². The molecule has 0 bridgehead atoms. The van der Waals surface area contributed by atoms with E-state index in [-0.39, 0.29) is 0 Å². The lowest BCUT2D eigenvalue weighted by molar-refractivity contribution is -0.139. The second-order valence-electron chi connectivity index (χ2n) is 4.90. The third-order valence-electron chi connectivity index (χ3n) is 2.98. The predicted octanol–water partition coefficient (Wildman–Crippen LogP) is 2.38. The summed E-state index contributed by atoms with van der Waals surface area (Å²) in [5.41, 5.74) is 0.141. The van der Waals surface area contributed by atoms with E-state index in [1.807, 2.05) is 26.0 Å². The van der Waals surface area contributed by atoms with Crippen LogP contribution in [0, 0.1) is 0 Å². The zero-order valence-corrected chi connectivity index (χ0v) is 11.8. The van der Waals surface area contributed by atoms with Gasteiger partial charge in [-0.25, -0.2) is 4.79 Å². The van der Waals surface area contributed by atoms with Crippen molar-refractivity contribution in [1.29, 1.82) is 0 Å². The topological polar surface area (TPSA) is 67.8 Å². The fraction of sp³-hybridized carbons (Fsp3) is 0.500. The summed E-state index contributed by atoms with van der Waals surface area (Å²) in [4.78, 5) is 11.3. The van der Waals surface area contributed by atoms with Crippen LogP contribution in [0.3, 0.4) is 0 Å². The van der Waals surface area contributed by atoms with Crippen molar-refractivity contribution < 1.29 is 19.4 Å². The van der Waals surface area contributed by atoms with Crippen molar-refractivity contribution in [3.05, 3.63) is 24.3 Å². The number of para-hydroxylation sites is 2. The number of benzene rings is 1. The number of hydrogen-bond acceptors (Lipinski definition) is 4. The summed E-state index contributed by atoms with van der Waals surface area (Å²) in [5, 5.41) is 12.3. The number of aliphatic carboxylic acids is 1. The smallest absolute Gasteiger partial charge is 0.326 e. The fourth-order valence-electron chi connectivity index (χ4n) is 1.73. The van der Waals surface area contributed by atoms with E-state index in [4.69, 9.17) is 9.47 Å². The molecule has 0 aromatic heterocycles. The van der Waals surface area contributed by atoms with Crippen LogP contribution in [0.15, 0.2) is 24.3 Å². The molecule has 0 radical (unpaired) electrons. The van der Waals surface area contributed by atoms with E-state index in [0.717, 1.165) is 0 Å². The zero-order valence-electron chi connectivity index (χ0n) is 11.8. The molecule has 1 aromatic rings. The molecule has 2 N–H and O–H groups in total. The van der Waals surface area contributed by atoms with E-state index >= 15 is 0 Å². The van der Waals surface area contributed by atoms with Crippen LogP contribution in [0.2, 0.25) is 0 Å². The van der Waals surface area contributed by atoms with Crippen LogP contribution < -0.4 is 10.1 Å². The van der Waals surface area contributed by atoms with Crippen molar-refractivity contribution in [2.75, 3.05) is 19.5 Å². The van der Waals surface area contributed by atoms with Crippen molar-refractivity contribution in [1.82, 2.24) is 0 Å². The molecule has 0 aliphatic heterocycles. The van der Waals surface area contributed by atoms with E-state index in [0.29, 0.717) is 17.9 Å². The van der Waals surface area contributed by atoms with E-state index in [1.54, 1.807) is 26.4 Å². The van der Waals surface area contributed by atoms with E-state index < -0.39 is 17.6 Å². The van der Waals surface area contributed by atoms with Gasteiger partial charge in [0.05, 0.1) is 18.4 Å². The van der Waals surface area contributed by atoms with Crippen LogP contribution in [-0.2, 0) is 9.53 Å². The molecule has 0 fully saturated rings. The van der Waals surface area contributed by atoms with Gasteiger partial charge in [0.1, 0.15) is 11.8 Å². The zero-order chi connectivity index (χ0) is 14.5. The van der Waals surface area contributed by atoms with Gasteiger partial charge in [0, 0.05) is 13.5 Å². The molecule has 1 atom stereocenters. The van der Waals surface area contributed by atoms with Crippen molar-refractivity contribution in [2.24, 2.45) is 0 Å². The van der Waals surface area contributed by atoms with Gasteiger partial charge in [-0.2, -0.15) is 0 Å². The van der Waals surface area contributed by atoms with E-state index in [1.165, 1.54) is 0 Å². The first-order valence-electron chi connectivity index (χ1n) is 6.07. The Morgan fingerprint density at radius 2 is 2.00 bits per heavy atom. The summed E-state index contributed by atoms with van der Waals surface area (Å²) < 4.78 is 10.5. The minimum atomic E-state index is -0.920. The second-order valence-corrected chi connectivity index (χ2v) is 4.90. The molecule has 5 heteroatoms. The molecule has 19 heavy (non-hydrogen) atoms. The molecule has 1 unspecified atom stereocenters. The molecule has 1 aromatic carbocycles. The Hall–Kier alpha value is -1.75. The highest BCUT2D eigenvalue weighted by molar-refractivity contribution is 5.78. The number of carboxylic acid groups (broad SMARTS) is 1. The Labute approximate surface area is 113 Å². The second kappa shape index (κ2) is 6.43. The van der Waals surface area contributed by atoms with Gasteiger partial charge in [0.15, 0.2) is 0 Å². The number of carboxylic acids is 1. The Balaban J connectivity index is 2.87. The number of nitrogens with one attached hydrogen (secondary N) is 1. The number of rotatable bonds is 7. The van der Waals surface area contributed by atoms with E-state index in [2.05, 4.69) is 5.32 Å². The van der Waals surface area contributed by atoms with Gasteiger partial charge in [0.2, 0.25) is 0 Å². The molecule has 0 aliphatic rings. The largest absolute Gasteiger partial charge is 0.495 e. The fourth-order valence-corrected chi connectivity index (χ4v) is 1.73. The minimum absolute atomic E-state index is 0.344. The van der Waals surface area contributed by atoms with Crippen molar-refractivity contribution in [2.45, 2.75) is 31.9 Å². The van der Waals surface area contributed by atoms with Gasteiger partial charge in [-0.15, -0.1) is 0 Å². The average molecular weight is 267 g/mol. The number of ether oxygens (including phenoxy) is 2. The van der Waals surface area contributed by atoms with Crippen molar-refractivity contribution in [3.8, 4) is 5.75 Å². The molecule has 0 heterocycles. The van der Waals surface area contributed by atoms with E-state index in [9.17, 15) is 9.90 Å². The standard InChI is InChI=1S/C14H21NO4/c1-14(2,19-4)9-11(13(16)17)15-10-7-5-6-8-12(10)18-3/h5-8,11,15H,9H2,1-4H3,(H,16,17). The maximum absolute atomic E-state index is 11.3. The van der Waals surface area contributed by atoms with Gasteiger partial charge >= 0.3 is 5.97 Å². The Morgan fingerprint density at radius 3 is 2.53 bits per heavy atom. The monoisotopic (exact) mass is 267 g/mol. The Morgan fingerprint density at radius 1 is 1.37 bits per heavy atom. The molecule has 0 saturated heterocycles. The molecule has 5 nitrogen and oxygen atoms in total. The summed E-state index contributed by atoms with van der Waals surface area (Å²) in [6, 6.07) is 6.48. The van der Waals surface area contributed by atoms with Gasteiger partial charge in [0.25, 0.3) is 0 Å². The van der Waals surface area contributed by atoms with Crippen LogP contribution >= 0.6 is 0 Å². The first-order chi connectivity index (χ1) is 8.89. The Kier molecular flexibility index (Phi) is 5.18. The molecule has 0 saturated carbocycles. The van der Waals surface area contributed by atoms with Gasteiger partial charge in [-0.05, 0) is 26.0 Å². The summed E-state index contributed by atoms with van der Waals surface area (Å²) >= 11 is 0. The lowest BCUT2D eigenvalue weighted by Crippen LogP contribution is -2.38. The average Bonchev–Trinajstić information content (AvgIpc) is 2.38. The molecule has 106 valence electrons. The highest BCUT2D eigenvalue weighted by atomic mass is 16.5. The molecule has 0 spiro atoms. The number of methoxy groups -OCH3 is 2. The lowest BCUT2D eigenvalue weighted by Gasteiger charge is -2.27. The third-order valence-corrected chi connectivity index (χ3v) is 2.98. The summed E-state index contributed by atoms with van der Waals surface area (Å²) in [6.07, 6.45) is 0.344. The number of anilines is 1. The third kappa shape index (κ3) is 4.44. The van der Waals surface area contributed by atoms with Gasteiger partial charge in [-0.3, -0.25) is 0 Å². The molecule has 0 aliphatic carbocycles. The number of hydrogen-bond donors (Lipinski definition) is 2. The maximum Gasteiger partial charge on any atom is 0.326 e. The minimum Gasteiger partial charge on any atom is -0.495 e. The highest BCUT2D eigenvalue weighted by Crippen LogP contribution is 2.26. The lowest BCUT2D eigenvalue weighted by atomic mass is 9.98. The van der Waals surface area contributed by atoms with Crippen molar-refractivity contribution in [3.63, 3.8) is 0 Å². The SMILES string of the molecule is COc1ccccc1NC(CC(C)(C)OC)C(=O)O. The number of carbonyl (C=O) groups is 1. The molecule has 0 amide bonds. The Bertz CT molecular complexity index is 431. The first-order valence-corrected chi connectivity index (χ1v) is 6.07. The summed E-state index contributed by atoms with van der Waals surface area (Å²) in [5.74, 6) is -0.306. The van der Waals surface area contributed by atoms with Crippen LogP contribution in [0.1, 0.15) is 20.3 Å². The van der Waals surface area contributed by atoms with Gasteiger partial charge in [-0.1, -0.05) is 12.1 Å². The molecular formula is C14H21NO4. The normalized spacial score (nSPS) is 12.8. The predicted molar refractivity (Wildman–Crippen MR) is 73.7 cm³/mol. The maximum atomic E-state index is 11.3. The van der Waals surface area contributed by atoms with Crippen LogP contribution in [0.4, 0.5) is 5.69 Å². The van der Waals surface area contributed by atoms with Crippen LogP contribution in [0.5, 0.6) is 5.75 Å². The quantitative estimate of drug-likeness (QED) is 0.794. The van der Waals surface area contributed by atoms with Crippen LogP contribution in [0.25, 0.3) is 0 Å². The molecular weight excluding hydrogens is 246 g/mol. The molecule has 1 rings (SSSR count). The summed E-state index contributed by atoms with van der Waals surface area (Å²) in [7, 11) is 3.12. The highest BCUT2D eigenvalue weighted by Gasteiger charge is 2.28.